The van der Waals surface area contributed by atoms with Crippen molar-refractivity contribution in [1.82, 2.24) is 16.0 Å². The van der Waals surface area contributed by atoms with Crippen molar-refractivity contribution in [3.8, 4) is 11.1 Å². The Labute approximate surface area is 222 Å². The zero-order valence-electron chi connectivity index (χ0n) is 22.0. The largest absolute Gasteiger partial charge is 0.481 e. The Balaban J connectivity index is 1.52. The van der Waals surface area contributed by atoms with E-state index in [1.807, 2.05) is 48.5 Å². The smallest absolute Gasteiger partial charge is 0.407 e. The number of rotatable bonds is 12. The Kier molecular flexibility index (Phi) is 9.84. The lowest BCUT2D eigenvalue weighted by atomic mass is 9.98. The molecule has 10 heteroatoms. The molecular formula is C28H35N3O7. The van der Waals surface area contributed by atoms with Gasteiger partial charge in [-0.1, -0.05) is 62.4 Å². The van der Waals surface area contributed by atoms with Crippen molar-refractivity contribution in [2.75, 3.05) is 13.3 Å². The van der Waals surface area contributed by atoms with Crippen molar-refractivity contribution < 1.29 is 33.8 Å². The van der Waals surface area contributed by atoms with E-state index in [0.717, 1.165) is 22.3 Å². The van der Waals surface area contributed by atoms with Crippen LogP contribution in [0.25, 0.3) is 11.1 Å². The second-order valence-corrected chi connectivity index (χ2v) is 9.68. The van der Waals surface area contributed by atoms with Gasteiger partial charge in [0.1, 0.15) is 25.4 Å². The Bertz CT molecular complexity index is 1120. The lowest BCUT2D eigenvalue weighted by Crippen LogP contribution is -2.54. The van der Waals surface area contributed by atoms with Crippen LogP contribution in [-0.4, -0.2) is 60.5 Å². The number of hydrogen-bond donors (Lipinski definition) is 4. The molecule has 0 spiro atoms. The molecule has 0 radical (unpaired) electrons. The summed E-state index contributed by atoms with van der Waals surface area (Å²) < 4.78 is 10.8. The van der Waals surface area contributed by atoms with Crippen molar-refractivity contribution in [3.05, 3.63) is 59.7 Å². The van der Waals surface area contributed by atoms with Gasteiger partial charge in [-0.05, 0) is 42.0 Å². The quantitative estimate of drug-likeness (QED) is 0.312. The molecule has 0 aromatic heterocycles. The lowest BCUT2D eigenvalue weighted by molar-refractivity contribution is -0.140. The molecule has 0 unspecified atom stereocenters. The summed E-state index contributed by atoms with van der Waals surface area (Å²) in [7, 11) is 0. The molecule has 3 atom stereocenters. The SMILES string of the molecule is CC(C)[C@H](NC(=O)OCC1c2ccccc2-c2ccccc21)C(=O)N[C@@H](C)C(=O)NCO[C@@H](C)CC(=O)O. The highest BCUT2D eigenvalue weighted by Gasteiger charge is 2.31. The fourth-order valence-corrected chi connectivity index (χ4v) is 4.38. The maximum Gasteiger partial charge on any atom is 0.407 e. The molecule has 0 aliphatic heterocycles. The van der Waals surface area contributed by atoms with Gasteiger partial charge in [-0.3, -0.25) is 14.4 Å². The molecule has 38 heavy (non-hydrogen) atoms. The van der Waals surface area contributed by atoms with Crippen LogP contribution in [-0.2, 0) is 23.9 Å². The van der Waals surface area contributed by atoms with Gasteiger partial charge in [0.25, 0.3) is 0 Å². The third-order valence-electron chi connectivity index (χ3n) is 6.39. The summed E-state index contributed by atoms with van der Waals surface area (Å²) >= 11 is 0. The summed E-state index contributed by atoms with van der Waals surface area (Å²) in [6.45, 7) is 6.55. The van der Waals surface area contributed by atoms with Crippen molar-refractivity contribution in [2.45, 2.75) is 58.2 Å². The predicted molar refractivity (Wildman–Crippen MR) is 140 cm³/mol. The maximum atomic E-state index is 12.9. The molecule has 2 aromatic rings. The van der Waals surface area contributed by atoms with Crippen molar-refractivity contribution in [1.29, 1.82) is 0 Å². The molecule has 204 valence electrons. The molecule has 0 fully saturated rings. The van der Waals surface area contributed by atoms with Crippen LogP contribution in [0, 0.1) is 5.92 Å². The number of amides is 3. The van der Waals surface area contributed by atoms with Gasteiger partial charge in [-0.2, -0.15) is 0 Å². The number of ether oxygens (including phenoxy) is 2. The van der Waals surface area contributed by atoms with Crippen LogP contribution in [0.15, 0.2) is 48.5 Å². The van der Waals surface area contributed by atoms with Gasteiger partial charge in [0.15, 0.2) is 0 Å². The fourth-order valence-electron chi connectivity index (χ4n) is 4.38. The number of carbonyl (C=O) groups is 4. The van der Waals surface area contributed by atoms with Gasteiger partial charge >= 0.3 is 12.1 Å². The van der Waals surface area contributed by atoms with E-state index in [-0.39, 0.29) is 31.6 Å². The number of fused-ring (bicyclic) bond motifs is 3. The van der Waals surface area contributed by atoms with Crippen LogP contribution < -0.4 is 16.0 Å². The summed E-state index contributed by atoms with van der Waals surface area (Å²) in [5, 5.41) is 16.5. The summed E-state index contributed by atoms with van der Waals surface area (Å²) in [4.78, 5) is 48.6. The topological polar surface area (TPSA) is 143 Å². The minimum absolute atomic E-state index is 0.108. The van der Waals surface area contributed by atoms with Crippen molar-refractivity contribution in [2.24, 2.45) is 5.92 Å². The fraction of sp³-hybridized carbons (Fsp3) is 0.429. The maximum absolute atomic E-state index is 12.9. The first-order valence-corrected chi connectivity index (χ1v) is 12.6. The minimum Gasteiger partial charge on any atom is -0.481 e. The second-order valence-electron chi connectivity index (χ2n) is 9.68. The summed E-state index contributed by atoms with van der Waals surface area (Å²) in [6, 6.07) is 14.2. The number of carboxylic acid groups (broad SMARTS) is 1. The molecule has 0 saturated carbocycles. The van der Waals surface area contributed by atoms with Gasteiger partial charge < -0.3 is 30.5 Å². The number of benzene rings is 2. The zero-order valence-corrected chi connectivity index (χ0v) is 22.0. The number of carboxylic acids is 1. The van der Waals surface area contributed by atoms with Gasteiger partial charge in [0.05, 0.1) is 12.5 Å². The van der Waals surface area contributed by atoms with E-state index < -0.39 is 42.1 Å². The van der Waals surface area contributed by atoms with Crippen LogP contribution in [0.5, 0.6) is 0 Å². The first kappa shape index (κ1) is 28.6. The number of alkyl carbamates (subject to hydrolysis) is 1. The zero-order chi connectivity index (χ0) is 27.8. The average Bonchev–Trinajstić information content (AvgIpc) is 3.18. The van der Waals surface area contributed by atoms with Gasteiger partial charge in [-0.25, -0.2) is 4.79 Å². The summed E-state index contributed by atoms with van der Waals surface area (Å²) in [6.07, 6.45) is -1.50. The standard InChI is InChI=1S/C28H35N3O7/c1-16(2)25(27(35)30-18(4)26(34)29-15-38-17(3)13-24(32)33)31-28(36)37-14-23-21-11-7-5-9-19(21)20-10-6-8-12-22(20)23/h5-12,16-18,23,25H,13-15H2,1-4H3,(H,29,34)(H,30,35)(H,31,36)(H,32,33)/t17-,18-,25-/m0/s1. The van der Waals surface area contributed by atoms with Crippen LogP contribution in [0.2, 0.25) is 0 Å². The molecule has 10 nitrogen and oxygen atoms in total. The van der Waals surface area contributed by atoms with Gasteiger partial charge in [0.2, 0.25) is 11.8 Å². The molecule has 2 aromatic carbocycles. The summed E-state index contributed by atoms with van der Waals surface area (Å²) in [5.41, 5.74) is 4.40. The monoisotopic (exact) mass is 525 g/mol. The Morgan fingerprint density at radius 3 is 2.00 bits per heavy atom. The Hall–Kier alpha value is -3.92. The van der Waals surface area contributed by atoms with Crippen LogP contribution in [0.1, 0.15) is 51.2 Å². The Morgan fingerprint density at radius 1 is 0.868 bits per heavy atom. The molecule has 3 rings (SSSR count). The Morgan fingerprint density at radius 2 is 1.45 bits per heavy atom. The van der Waals surface area contributed by atoms with E-state index in [1.54, 1.807) is 20.8 Å². The molecule has 0 heterocycles. The van der Waals surface area contributed by atoms with E-state index in [9.17, 15) is 19.2 Å². The molecule has 4 N–H and O–H groups in total. The van der Waals surface area contributed by atoms with Gasteiger partial charge in [0, 0.05) is 5.92 Å². The lowest BCUT2D eigenvalue weighted by Gasteiger charge is -2.24. The average molecular weight is 526 g/mol. The number of carbonyl (C=O) groups excluding carboxylic acids is 3. The third kappa shape index (κ3) is 7.32. The predicted octanol–water partition coefficient (Wildman–Crippen LogP) is 3.01. The highest BCUT2D eigenvalue weighted by molar-refractivity contribution is 5.91. The highest BCUT2D eigenvalue weighted by Crippen LogP contribution is 2.44. The van der Waals surface area contributed by atoms with E-state index in [4.69, 9.17) is 14.6 Å². The number of nitrogens with one attached hydrogen (secondary N) is 3. The highest BCUT2D eigenvalue weighted by atomic mass is 16.5. The minimum atomic E-state index is -1.01. The molecule has 1 aliphatic rings. The molecule has 3 amide bonds. The van der Waals surface area contributed by atoms with E-state index in [2.05, 4.69) is 16.0 Å². The normalized spacial score (nSPS) is 14.6. The second kappa shape index (κ2) is 13.0. The third-order valence-corrected chi connectivity index (χ3v) is 6.39. The first-order valence-electron chi connectivity index (χ1n) is 12.6. The van der Waals surface area contributed by atoms with Gasteiger partial charge in [-0.15, -0.1) is 0 Å². The molecular weight excluding hydrogens is 490 g/mol. The first-order chi connectivity index (χ1) is 18.1. The summed E-state index contributed by atoms with van der Waals surface area (Å²) in [5.74, 6) is -2.43. The molecule has 1 aliphatic carbocycles. The van der Waals surface area contributed by atoms with Crippen molar-refractivity contribution in [3.63, 3.8) is 0 Å². The van der Waals surface area contributed by atoms with Crippen molar-refractivity contribution >= 4 is 23.9 Å². The molecule has 0 bridgehead atoms. The van der Waals surface area contributed by atoms with E-state index >= 15 is 0 Å². The van der Waals surface area contributed by atoms with Crippen LogP contribution >= 0.6 is 0 Å². The van der Waals surface area contributed by atoms with E-state index in [0.29, 0.717) is 0 Å². The number of aliphatic carboxylic acids is 1. The molecule has 0 saturated heterocycles. The van der Waals surface area contributed by atoms with Crippen LogP contribution in [0.4, 0.5) is 4.79 Å². The number of hydrogen-bond acceptors (Lipinski definition) is 6. The van der Waals surface area contributed by atoms with Crippen LogP contribution in [0.3, 0.4) is 0 Å². The van der Waals surface area contributed by atoms with E-state index in [1.165, 1.54) is 6.92 Å².